The number of esters is 1. The van der Waals surface area contributed by atoms with Crippen molar-refractivity contribution in [2.75, 3.05) is 6.61 Å². The van der Waals surface area contributed by atoms with Crippen LogP contribution in [-0.4, -0.2) is 17.7 Å². The van der Waals surface area contributed by atoms with Crippen LogP contribution in [0.5, 0.6) is 5.75 Å². The number of benzene rings is 2. The molecular formula is C17H17BrClNO3. The molecule has 0 radical (unpaired) electrons. The molecule has 0 fully saturated rings. The number of phenols is 1. The second-order valence-electron chi connectivity index (χ2n) is 4.90. The molecule has 2 aromatic carbocycles. The predicted octanol–water partition coefficient (Wildman–Crippen LogP) is 4.20. The van der Waals surface area contributed by atoms with Gasteiger partial charge in [-0.1, -0.05) is 45.7 Å². The van der Waals surface area contributed by atoms with Crippen LogP contribution in [0, 0.1) is 0 Å². The maximum Gasteiger partial charge on any atom is 0.327 e. The lowest BCUT2D eigenvalue weighted by Gasteiger charge is -2.18. The molecule has 0 amide bonds. The van der Waals surface area contributed by atoms with E-state index < -0.39 is 6.04 Å². The minimum Gasteiger partial charge on any atom is -0.508 e. The van der Waals surface area contributed by atoms with Crippen LogP contribution in [0.25, 0.3) is 0 Å². The predicted molar refractivity (Wildman–Crippen MR) is 93.5 cm³/mol. The molecule has 0 aromatic heterocycles. The Labute approximate surface area is 148 Å². The summed E-state index contributed by atoms with van der Waals surface area (Å²) in [5, 5.41) is 13.4. The number of aromatic hydroxyl groups is 1. The fraction of sp³-hybridized carbons (Fsp3) is 0.235. The van der Waals surface area contributed by atoms with E-state index in [0.29, 0.717) is 23.7 Å². The largest absolute Gasteiger partial charge is 0.508 e. The molecule has 0 heterocycles. The summed E-state index contributed by atoms with van der Waals surface area (Å²) < 4.78 is 5.98. The van der Waals surface area contributed by atoms with Crippen molar-refractivity contribution in [1.82, 2.24) is 5.32 Å². The highest BCUT2D eigenvalue weighted by molar-refractivity contribution is 9.10. The Morgan fingerprint density at radius 3 is 2.78 bits per heavy atom. The number of carbonyl (C=O) groups is 1. The van der Waals surface area contributed by atoms with Crippen LogP contribution in [0.4, 0.5) is 0 Å². The normalized spacial score (nSPS) is 12.0. The molecule has 122 valence electrons. The minimum atomic E-state index is -0.662. The van der Waals surface area contributed by atoms with Crippen LogP contribution in [0.2, 0.25) is 5.02 Å². The number of halogens is 2. The number of nitrogens with one attached hydrogen (secondary N) is 1. The van der Waals surface area contributed by atoms with Gasteiger partial charge in [0, 0.05) is 16.0 Å². The van der Waals surface area contributed by atoms with Crippen molar-refractivity contribution in [3.05, 3.63) is 63.1 Å². The lowest BCUT2D eigenvalue weighted by molar-refractivity contribution is -0.145. The second kappa shape index (κ2) is 8.34. The zero-order valence-corrected chi connectivity index (χ0v) is 14.9. The lowest BCUT2D eigenvalue weighted by atomic mass is 10.1. The van der Waals surface area contributed by atoms with Crippen molar-refractivity contribution in [3.63, 3.8) is 0 Å². The van der Waals surface area contributed by atoms with Gasteiger partial charge in [-0.15, -0.1) is 0 Å². The van der Waals surface area contributed by atoms with Gasteiger partial charge in [-0.2, -0.15) is 0 Å². The quantitative estimate of drug-likeness (QED) is 0.716. The first-order chi connectivity index (χ1) is 11.0. The van der Waals surface area contributed by atoms with E-state index in [1.165, 1.54) is 0 Å². The van der Waals surface area contributed by atoms with Gasteiger partial charge in [0.25, 0.3) is 0 Å². The smallest absolute Gasteiger partial charge is 0.327 e. The molecular weight excluding hydrogens is 382 g/mol. The van der Waals surface area contributed by atoms with E-state index >= 15 is 0 Å². The highest BCUT2D eigenvalue weighted by Gasteiger charge is 2.22. The lowest BCUT2D eigenvalue weighted by Crippen LogP contribution is -2.30. The summed E-state index contributed by atoms with van der Waals surface area (Å²) in [5.74, 6) is -0.283. The third kappa shape index (κ3) is 4.96. The van der Waals surface area contributed by atoms with Gasteiger partial charge >= 0.3 is 5.97 Å². The van der Waals surface area contributed by atoms with Gasteiger partial charge in [-0.05, 0) is 42.3 Å². The monoisotopic (exact) mass is 397 g/mol. The third-order valence-corrected chi connectivity index (χ3v) is 4.21. The fourth-order valence-corrected chi connectivity index (χ4v) is 2.97. The van der Waals surface area contributed by atoms with Crippen LogP contribution < -0.4 is 5.32 Å². The fourth-order valence-electron chi connectivity index (χ4n) is 2.14. The molecule has 0 spiro atoms. The molecule has 0 unspecified atom stereocenters. The number of carbonyl (C=O) groups excluding carboxylic acids is 1. The van der Waals surface area contributed by atoms with E-state index in [2.05, 4.69) is 21.2 Å². The number of hydrogen-bond donors (Lipinski definition) is 2. The third-order valence-electron chi connectivity index (χ3n) is 3.24. The summed E-state index contributed by atoms with van der Waals surface area (Å²) in [6.07, 6.45) is 0. The molecule has 0 aliphatic carbocycles. The molecule has 0 aliphatic heterocycles. The van der Waals surface area contributed by atoms with Crippen LogP contribution in [-0.2, 0) is 16.1 Å². The van der Waals surface area contributed by atoms with Crippen LogP contribution in [0.1, 0.15) is 24.1 Å². The summed E-state index contributed by atoms with van der Waals surface area (Å²) in [7, 11) is 0. The first-order valence-electron chi connectivity index (χ1n) is 7.14. The van der Waals surface area contributed by atoms with Crippen LogP contribution >= 0.6 is 27.5 Å². The molecule has 4 nitrogen and oxygen atoms in total. The van der Waals surface area contributed by atoms with E-state index in [1.54, 1.807) is 43.3 Å². The first kappa shape index (κ1) is 17.8. The Bertz CT molecular complexity index is 693. The van der Waals surface area contributed by atoms with Gasteiger partial charge < -0.3 is 9.84 Å². The average molecular weight is 399 g/mol. The first-order valence-corrected chi connectivity index (χ1v) is 8.31. The van der Waals surface area contributed by atoms with E-state index in [4.69, 9.17) is 16.3 Å². The summed E-state index contributed by atoms with van der Waals surface area (Å²) in [4.78, 5) is 12.2. The molecule has 23 heavy (non-hydrogen) atoms. The minimum absolute atomic E-state index is 0.103. The van der Waals surface area contributed by atoms with Crippen molar-refractivity contribution in [2.24, 2.45) is 0 Å². The molecule has 2 rings (SSSR count). The Morgan fingerprint density at radius 2 is 2.13 bits per heavy atom. The van der Waals surface area contributed by atoms with Crippen molar-refractivity contribution in [2.45, 2.75) is 19.5 Å². The Kier molecular flexibility index (Phi) is 6.45. The van der Waals surface area contributed by atoms with E-state index in [0.717, 1.165) is 10.0 Å². The molecule has 2 N–H and O–H groups in total. The molecule has 0 saturated heterocycles. The van der Waals surface area contributed by atoms with Gasteiger partial charge in [0.2, 0.25) is 0 Å². The summed E-state index contributed by atoms with van der Waals surface area (Å²) >= 11 is 9.38. The average Bonchev–Trinajstić information content (AvgIpc) is 2.50. The van der Waals surface area contributed by atoms with E-state index in [1.807, 2.05) is 6.07 Å². The Balaban J connectivity index is 2.19. The zero-order valence-electron chi connectivity index (χ0n) is 12.6. The number of rotatable bonds is 6. The van der Waals surface area contributed by atoms with Gasteiger partial charge in [0.15, 0.2) is 0 Å². The number of phenolic OH excluding ortho intramolecular Hbond substituents is 1. The topological polar surface area (TPSA) is 58.6 Å². The van der Waals surface area contributed by atoms with Crippen molar-refractivity contribution < 1.29 is 14.6 Å². The molecule has 0 saturated carbocycles. The molecule has 2 aromatic rings. The van der Waals surface area contributed by atoms with E-state index in [-0.39, 0.29) is 11.7 Å². The highest BCUT2D eigenvalue weighted by atomic mass is 79.9. The zero-order chi connectivity index (χ0) is 16.8. The maximum absolute atomic E-state index is 12.2. The van der Waals surface area contributed by atoms with Crippen molar-refractivity contribution in [1.29, 1.82) is 0 Å². The van der Waals surface area contributed by atoms with Crippen molar-refractivity contribution >= 4 is 33.5 Å². The summed E-state index contributed by atoms with van der Waals surface area (Å²) in [6, 6.07) is 11.4. The SMILES string of the molecule is CCOC(=O)[C@H](NCc1ccc(Cl)cc1Br)c1cccc(O)c1. The Morgan fingerprint density at radius 1 is 1.35 bits per heavy atom. The van der Waals surface area contributed by atoms with Gasteiger partial charge in [-0.25, -0.2) is 4.79 Å². The van der Waals surface area contributed by atoms with Gasteiger partial charge in [-0.3, -0.25) is 5.32 Å². The molecule has 6 heteroatoms. The van der Waals surface area contributed by atoms with Gasteiger partial charge in [0.1, 0.15) is 11.8 Å². The second-order valence-corrected chi connectivity index (χ2v) is 6.19. The maximum atomic E-state index is 12.2. The van der Waals surface area contributed by atoms with Crippen LogP contribution in [0.3, 0.4) is 0 Å². The van der Waals surface area contributed by atoms with E-state index in [9.17, 15) is 9.90 Å². The summed E-state index contributed by atoms with van der Waals surface area (Å²) in [6.45, 7) is 2.49. The number of ether oxygens (including phenoxy) is 1. The van der Waals surface area contributed by atoms with Gasteiger partial charge in [0.05, 0.1) is 6.61 Å². The highest BCUT2D eigenvalue weighted by Crippen LogP contribution is 2.24. The standard InChI is InChI=1S/C17H17BrClNO3/c1-2-23-17(22)16(11-4-3-5-14(21)8-11)20-10-12-6-7-13(19)9-15(12)18/h3-9,16,20-21H,2,10H2,1H3/t16-/m1/s1. The number of hydrogen-bond acceptors (Lipinski definition) is 4. The Hall–Kier alpha value is -1.56. The summed E-state index contributed by atoms with van der Waals surface area (Å²) in [5.41, 5.74) is 1.61. The van der Waals surface area contributed by atoms with Crippen molar-refractivity contribution in [3.8, 4) is 5.75 Å². The van der Waals surface area contributed by atoms with Crippen LogP contribution in [0.15, 0.2) is 46.9 Å². The molecule has 1 atom stereocenters. The molecule has 0 bridgehead atoms. The molecule has 0 aliphatic rings.